The maximum absolute atomic E-state index is 13.1. The normalized spacial score (nSPS) is 18.6. The van der Waals surface area contributed by atoms with Crippen LogP contribution < -0.4 is 0 Å². The Bertz CT molecular complexity index is 932. The molecule has 6 heteroatoms. The molecule has 1 aromatic heterocycles. The maximum Gasteiger partial charge on any atom is 0.263 e. The van der Waals surface area contributed by atoms with Crippen LogP contribution in [0.5, 0.6) is 0 Å². The van der Waals surface area contributed by atoms with E-state index in [-0.39, 0.29) is 11.8 Å². The van der Waals surface area contributed by atoms with Crippen LogP contribution in [0, 0.1) is 13.8 Å². The van der Waals surface area contributed by atoms with Crippen molar-refractivity contribution in [2.45, 2.75) is 58.6 Å². The van der Waals surface area contributed by atoms with Gasteiger partial charge >= 0.3 is 0 Å². The van der Waals surface area contributed by atoms with Gasteiger partial charge in [-0.15, -0.1) is 0 Å². The predicted octanol–water partition coefficient (Wildman–Crippen LogP) is 3.48. The van der Waals surface area contributed by atoms with Gasteiger partial charge in [0.15, 0.2) is 0 Å². The summed E-state index contributed by atoms with van der Waals surface area (Å²) in [6, 6.07) is 9.83. The van der Waals surface area contributed by atoms with E-state index in [1.165, 1.54) is 4.90 Å². The van der Waals surface area contributed by atoms with Crippen LogP contribution in [0.15, 0.2) is 30.3 Å². The largest absolute Gasteiger partial charge is 0.385 e. The summed E-state index contributed by atoms with van der Waals surface area (Å²) in [4.78, 5) is 29.8. The van der Waals surface area contributed by atoms with E-state index in [0.29, 0.717) is 37.1 Å². The smallest absolute Gasteiger partial charge is 0.263 e. The average Bonchev–Trinajstić information content (AvgIpc) is 3.18. The Morgan fingerprint density at radius 2 is 1.48 bits per heavy atom. The molecule has 0 spiro atoms. The fourth-order valence-corrected chi connectivity index (χ4v) is 5.05. The number of carbonyl (C=O) groups is 2. The number of fused-ring (bicyclic) bond motifs is 1. The highest BCUT2D eigenvalue weighted by Gasteiger charge is 2.41. The van der Waals surface area contributed by atoms with Crippen LogP contribution >= 0.6 is 0 Å². The summed E-state index contributed by atoms with van der Waals surface area (Å²) in [5.74, 6) is -0.317. The number of piperidine rings is 1. The highest BCUT2D eigenvalue weighted by molar-refractivity contribution is 6.22. The van der Waals surface area contributed by atoms with Gasteiger partial charge in [-0.3, -0.25) is 14.5 Å². The molecule has 2 aliphatic heterocycles. The lowest BCUT2D eigenvalue weighted by Gasteiger charge is -2.39. The van der Waals surface area contributed by atoms with Crippen LogP contribution in [0.2, 0.25) is 0 Å². The molecule has 4 rings (SSSR count). The van der Waals surface area contributed by atoms with Crippen molar-refractivity contribution in [3.05, 3.63) is 58.4 Å². The minimum Gasteiger partial charge on any atom is -0.385 e. The van der Waals surface area contributed by atoms with Crippen LogP contribution in [0.3, 0.4) is 0 Å². The Hall–Kier alpha value is -2.44. The fourth-order valence-electron chi connectivity index (χ4n) is 5.05. The zero-order valence-electron chi connectivity index (χ0n) is 18.9. The highest BCUT2D eigenvalue weighted by atomic mass is 16.3. The van der Waals surface area contributed by atoms with Crippen molar-refractivity contribution in [1.29, 1.82) is 0 Å². The Balaban J connectivity index is 1.38. The van der Waals surface area contributed by atoms with Crippen molar-refractivity contribution < 1.29 is 14.7 Å². The molecule has 0 radical (unpaired) electrons. The molecule has 0 unspecified atom stereocenters. The number of likely N-dealkylation sites (tertiary alicyclic amines) is 1. The number of hydrogen-bond donors (Lipinski definition) is 1. The van der Waals surface area contributed by atoms with E-state index in [0.717, 1.165) is 49.4 Å². The van der Waals surface area contributed by atoms with E-state index in [4.69, 9.17) is 0 Å². The van der Waals surface area contributed by atoms with Gasteiger partial charge in [-0.25, -0.2) is 0 Å². The lowest BCUT2D eigenvalue weighted by Crippen LogP contribution is -2.46. The van der Waals surface area contributed by atoms with Gasteiger partial charge < -0.3 is 14.6 Å². The Kier molecular flexibility index (Phi) is 6.04. The minimum absolute atomic E-state index is 0.159. The van der Waals surface area contributed by atoms with Crippen LogP contribution in [0.1, 0.15) is 70.3 Å². The van der Waals surface area contributed by atoms with E-state index in [2.05, 4.69) is 16.4 Å². The second kappa shape index (κ2) is 8.60. The van der Waals surface area contributed by atoms with Crippen molar-refractivity contribution in [1.82, 2.24) is 14.4 Å². The summed E-state index contributed by atoms with van der Waals surface area (Å²) in [5, 5.41) is 11.0. The van der Waals surface area contributed by atoms with E-state index in [9.17, 15) is 14.7 Å². The first-order valence-electron chi connectivity index (χ1n) is 11.4. The van der Waals surface area contributed by atoms with Gasteiger partial charge in [-0.1, -0.05) is 43.7 Å². The molecule has 2 amide bonds. The van der Waals surface area contributed by atoms with Crippen LogP contribution in [0.25, 0.3) is 0 Å². The molecule has 0 bridgehead atoms. The number of carbonyl (C=O) groups excluding carboxylic acids is 2. The standard InChI is InChI=1S/C25H33N3O3/c1-4-5-13-27-18(2)21-22(19(27)3)24(30)28(23(21)29)17-16-26-14-11-25(31,12-15-26)20-9-7-6-8-10-20/h6-10,31H,4-5,11-17H2,1-3H3. The number of amides is 2. The number of unbranched alkanes of at least 4 members (excludes halogenated alkanes) is 1. The first-order valence-corrected chi connectivity index (χ1v) is 11.4. The van der Waals surface area contributed by atoms with Crippen molar-refractivity contribution in [3.63, 3.8) is 0 Å². The van der Waals surface area contributed by atoms with Crippen molar-refractivity contribution in [3.8, 4) is 0 Å². The monoisotopic (exact) mass is 423 g/mol. The van der Waals surface area contributed by atoms with Crippen LogP contribution in [0.4, 0.5) is 0 Å². The number of benzene rings is 1. The predicted molar refractivity (Wildman–Crippen MR) is 120 cm³/mol. The first-order chi connectivity index (χ1) is 14.9. The highest BCUT2D eigenvalue weighted by Crippen LogP contribution is 2.34. The third-order valence-electron chi connectivity index (χ3n) is 7.07. The molecule has 3 heterocycles. The molecule has 0 saturated carbocycles. The molecule has 0 atom stereocenters. The maximum atomic E-state index is 13.1. The van der Waals surface area contributed by atoms with Crippen molar-refractivity contribution in [2.75, 3.05) is 26.2 Å². The average molecular weight is 424 g/mol. The van der Waals surface area contributed by atoms with Gasteiger partial charge in [-0.2, -0.15) is 0 Å². The number of rotatable bonds is 7. The van der Waals surface area contributed by atoms with E-state index in [1.54, 1.807) is 0 Å². The summed E-state index contributed by atoms with van der Waals surface area (Å²) in [5.41, 5.74) is 3.18. The van der Waals surface area contributed by atoms with Gasteiger partial charge in [0.1, 0.15) is 0 Å². The zero-order valence-corrected chi connectivity index (χ0v) is 18.9. The van der Waals surface area contributed by atoms with Gasteiger partial charge in [0.05, 0.1) is 16.7 Å². The van der Waals surface area contributed by atoms with Gasteiger partial charge in [0.2, 0.25) is 0 Å². The second-order valence-electron chi connectivity index (χ2n) is 8.93. The van der Waals surface area contributed by atoms with Crippen LogP contribution in [-0.2, 0) is 12.1 Å². The van der Waals surface area contributed by atoms with E-state index < -0.39 is 5.60 Å². The molecule has 6 nitrogen and oxygen atoms in total. The number of imide groups is 1. The minimum atomic E-state index is -0.792. The molecule has 2 aromatic rings. The SMILES string of the molecule is CCCCn1c(C)c2c(c1C)C(=O)N(CCN1CCC(O)(c3ccccc3)CC1)C2=O. The molecule has 1 fully saturated rings. The van der Waals surface area contributed by atoms with Crippen molar-refractivity contribution in [2.24, 2.45) is 0 Å². The second-order valence-corrected chi connectivity index (χ2v) is 8.93. The quantitative estimate of drug-likeness (QED) is 0.693. The zero-order chi connectivity index (χ0) is 22.2. The molecule has 2 aliphatic rings. The summed E-state index contributed by atoms with van der Waals surface area (Å²) >= 11 is 0. The molecular weight excluding hydrogens is 390 g/mol. The summed E-state index contributed by atoms with van der Waals surface area (Å²) in [7, 11) is 0. The first kappa shape index (κ1) is 21.8. The molecular formula is C25H33N3O3. The van der Waals surface area contributed by atoms with Gasteiger partial charge in [-0.05, 0) is 38.7 Å². The number of aromatic nitrogens is 1. The molecule has 0 aliphatic carbocycles. The third kappa shape index (κ3) is 3.83. The molecule has 1 N–H and O–H groups in total. The number of nitrogens with zero attached hydrogens (tertiary/aromatic N) is 3. The number of aliphatic hydroxyl groups is 1. The van der Waals surface area contributed by atoms with E-state index >= 15 is 0 Å². The van der Waals surface area contributed by atoms with Gasteiger partial charge in [0.25, 0.3) is 11.8 Å². The summed E-state index contributed by atoms with van der Waals surface area (Å²) in [6.07, 6.45) is 3.41. The fraction of sp³-hybridized carbons (Fsp3) is 0.520. The van der Waals surface area contributed by atoms with Crippen LogP contribution in [-0.4, -0.2) is 57.5 Å². The summed E-state index contributed by atoms with van der Waals surface area (Å²) < 4.78 is 2.12. The molecule has 166 valence electrons. The molecule has 1 saturated heterocycles. The topological polar surface area (TPSA) is 65.8 Å². The molecule has 1 aromatic carbocycles. The lowest BCUT2D eigenvalue weighted by atomic mass is 9.84. The molecule has 31 heavy (non-hydrogen) atoms. The third-order valence-corrected chi connectivity index (χ3v) is 7.07. The van der Waals surface area contributed by atoms with Crippen molar-refractivity contribution >= 4 is 11.8 Å². The summed E-state index contributed by atoms with van der Waals surface area (Å²) in [6.45, 7) is 9.41. The number of hydrogen-bond acceptors (Lipinski definition) is 4. The lowest BCUT2D eigenvalue weighted by molar-refractivity contribution is -0.0267. The van der Waals surface area contributed by atoms with E-state index in [1.807, 2.05) is 44.2 Å². The Labute approximate surface area is 184 Å². The van der Waals surface area contributed by atoms with Gasteiger partial charge in [0, 0.05) is 44.1 Å². The Morgan fingerprint density at radius 3 is 2.03 bits per heavy atom. The Morgan fingerprint density at radius 1 is 0.903 bits per heavy atom.